The molecule has 7 nitrogen and oxygen atoms in total. The van der Waals surface area contributed by atoms with Crippen LogP contribution in [0.25, 0.3) is 0 Å². The lowest BCUT2D eigenvalue weighted by atomic mass is 9.38. The molecule has 0 bridgehead atoms. The zero-order valence-corrected chi connectivity index (χ0v) is 16.7. The molecule has 2 unspecified atom stereocenters. The first-order chi connectivity index (χ1) is 14.1. The van der Waals surface area contributed by atoms with Gasteiger partial charge in [-0.1, -0.05) is 55.5 Å². The van der Waals surface area contributed by atoms with Gasteiger partial charge in [-0.3, -0.25) is 19.2 Å². The summed E-state index contributed by atoms with van der Waals surface area (Å²) in [5, 5.41) is 22.4. The number of anilines is 1. The van der Waals surface area contributed by atoms with Crippen LogP contribution in [0, 0.1) is 22.7 Å². The van der Waals surface area contributed by atoms with Crippen LogP contribution in [0.2, 0.25) is 0 Å². The number of Topliss-reactive ketones (excluding diaryl/α,β-unsaturated/α-hetero) is 1. The van der Waals surface area contributed by atoms with E-state index in [0.717, 1.165) is 0 Å². The van der Waals surface area contributed by atoms with Gasteiger partial charge in [-0.25, -0.2) is 0 Å². The highest BCUT2D eigenvalue weighted by molar-refractivity contribution is 6.08. The quantitative estimate of drug-likeness (QED) is 0.647. The van der Waals surface area contributed by atoms with Crippen LogP contribution in [-0.2, 0) is 25.6 Å². The number of carbonyl (C=O) groups is 4. The predicted octanol–water partition coefficient (Wildman–Crippen LogP) is 2.86. The highest BCUT2D eigenvalue weighted by Gasteiger charge is 2.77. The van der Waals surface area contributed by atoms with Gasteiger partial charge in [-0.2, -0.15) is 0 Å². The second-order valence-electron chi connectivity index (χ2n) is 8.01. The topological polar surface area (TPSA) is 121 Å². The summed E-state index contributed by atoms with van der Waals surface area (Å²) in [5.74, 6) is -6.96. The summed E-state index contributed by atoms with van der Waals surface area (Å²) in [4.78, 5) is 50.6. The Hall–Kier alpha value is -3.48. The summed E-state index contributed by atoms with van der Waals surface area (Å²) >= 11 is 0. The maximum atomic E-state index is 13.2. The van der Waals surface area contributed by atoms with Crippen LogP contribution in [0.4, 0.5) is 5.69 Å². The normalized spacial score (nSPS) is 27.5. The summed E-state index contributed by atoms with van der Waals surface area (Å²) < 4.78 is 0. The van der Waals surface area contributed by atoms with E-state index in [1.54, 1.807) is 60.7 Å². The van der Waals surface area contributed by atoms with E-state index in [-0.39, 0.29) is 6.42 Å². The van der Waals surface area contributed by atoms with Crippen molar-refractivity contribution < 1.29 is 29.4 Å². The smallest absolute Gasteiger partial charge is 0.308 e. The molecule has 1 aliphatic carbocycles. The minimum absolute atomic E-state index is 0.110. The molecular weight excluding hydrogens is 386 g/mol. The predicted molar refractivity (Wildman–Crippen MR) is 109 cm³/mol. The number of carbonyl (C=O) groups excluding carboxylic acids is 2. The fraction of sp³-hybridized carbons (Fsp3) is 0.304. The number of benzene rings is 2. The van der Waals surface area contributed by atoms with Gasteiger partial charge in [-0.15, -0.1) is 0 Å². The molecule has 7 heteroatoms. The molecule has 0 saturated heterocycles. The molecule has 0 heterocycles. The number of ketones is 1. The molecule has 2 atom stereocenters. The van der Waals surface area contributed by atoms with Crippen LogP contribution < -0.4 is 5.32 Å². The molecule has 0 spiro atoms. The highest BCUT2D eigenvalue weighted by atomic mass is 16.4. The van der Waals surface area contributed by atoms with Gasteiger partial charge in [0.25, 0.3) is 0 Å². The van der Waals surface area contributed by atoms with E-state index in [1.807, 2.05) is 0 Å². The Balaban J connectivity index is 1.98. The molecule has 156 valence electrons. The Labute approximate surface area is 173 Å². The second kappa shape index (κ2) is 7.74. The van der Waals surface area contributed by atoms with Gasteiger partial charge in [-0.05, 0) is 24.6 Å². The van der Waals surface area contributed by atoms with Crippen LogP contribution in [0.1, 0.15) is 19.4 Å². The van der Waals surface area contributed by atoms with Crippen LogP contribution >= 0.6 is 0 Å². The Bertz CT molecular complexity index is 896. The number of hydrogen-bond donors (Lipinski definition) is 3. The van der Waals surface area contributed by atoms with Crippen molar-refractivity contribution in [3.05, 3.63) is 66.2 Å². The van der Waals surface area contributed by atoms with Crippen molar-refractivity contribution in [3.8, 4) is 0 Å². The lowest BCUT2D eigenvalue weighted by molar-refractivity contribution is -0.214. The SMILES string of the molecule is CC1(C(=O)Cc2ccccc2)C(C(=O)O)C(C)(C(=O)Nc2ccccc2)C1C(=O)O. The second-order valence-corrected chi connectivity index (χ2v) is 8.01. The number of rotatable bonds is 7. The zero-order chi connectivity index (χ0) is 22.1. The maximum absolute atomic E-state index is 13.2. The molecule has 2 aromatic rings. The van der Waals surface area contributed by atoms with Gasteiger partial charge >= 0.3 is 11.9 Å². The first-order valence-electron chi connectivity index (χ1n) is 9.52. The standard InChI is InChI=1S/C23H23NO6/c1-22(16(25)13-14-9-5-3-6-10-14)17(19(26)27)23(2,18(22)20(28)29)21(30)24-15-11-7-4-8-12-15/h3-12,17-18H,13H2,1-2H3,(H,24,30)(H,26,27)(H,28,29). The highest BCUT2D eigenvalue weighted by Crippen LogP contribution is 2.65. The minimum atomic E-state index is -1.80. The minimum Gasteiger partial charge on any atom is -0.481 e. The molecule has 1 amide bonds. The summed E-state index contributed by atoms with van der Waals surface area (Å²) in [7, 11) is 0. The molecule has 3 N–H and O–H groups in total. The molecule has 3 rings (SSSR count). The molecule has 1 fully saturated rings. The van der Waals surface area contributed by atoms with Gasteiger partial charge < -0.3 is 15.5 Å². The van der Waals surface area contributed by atoms with Crippen molar-refractivity contribution >= 4 is 29.3 Å². The number of hydrogen-bond acceptors (Lipinski definition) is 4. The van der Waals surface area contributed by atoms with E-state index in [0.29, 0.717) is 11.3 Å². The Morgan fingerprint density at radius 3 is 1.73 bits per heavy atom. The zero-order valence-electron chi connectivity index (χ0n) is 16.7. The van der Waals surface area contributed by atoms with Gasteiger partial charge in [0.1, 0.15) is 5.78 Å². The maximum Gasteiger partial charge on any atom is 0.308 e. The van der Waals surface area contributed by atoms with Crippen molar-refractivity contribution in [2.24, 2.45) is 22.7 Å². The van der Waals surface area contributed by atoms with Crippen molar-refractivity contribution in [3.63, 3.8) is 0 Å². The van der Waals surface area contributed by atoms with Crippen molar-refractivity contribution in [2.75, 3.05) is 5.32 Å². The number of carboxylic acid groups (broad SMARTS) is 2. The average Bonchev–Trinajstić information content (AvgIpc) is 2.68. The summed E-state index contributed by atoms with van der Waals surface area (Å²) in [6.07, 6.45) is -0.110. The first-order valence-corrected chi connectivity index (χ1v) is 9.52. The van der Waals surface area contributed by atoms with Crippen LogP contribution in [-0.4, -0.2) is 33.8 Å². The van der Waals surface area contributed by atoms with Crippen molar-refractivity contribution in [1.82, 2.24) is 0 Å². The van der Waals surface area contributed by atoms with E-state index in [4.69, 9.17) is 0 Å². The largest absolute Gasteiger partial charge is 0.481 e. The third-order valence-electron chi connectivity index (χ3n) is 6.22. The summed E-state index contributed by atoms with van der Waals surface area (Å²) in [6, 6.07) is 17.1. The third-order valence-corrected chi connectivity index (χ3v) is 6.22. The molecule has 1 saturated carbocycles. The number of aliphatic carboxylic acids is 2. The van der Waals surface area contributed by atoms with Crippen molar-refractivity contribution in [1.29, 1.82) is 0 Å². The summed E-state index contributed by atoms with van der Waals surface area (Å²) in [6.45, 7) is 2.65. The van der Waals surface area contributed by atoms with E-state index in [1.165, 1.54) is 13.8 Å². The lowest BCUT2D eigenvalue weighted by Crippen LogP contribution is -2.73. The molecule has 1 aliphatic rings. The van der Waals surface area contributed by atoms with E-state index < -0.39 is 46.3 Å². The fourth-order valence-electron chi connectivity index (χ4n) is 4.85. The van der Waals surface area contributed by atoms with Crippen LogP contribution in [0.3, 0.4) is 0 Å². The number of para-hydroxylation sites is 1. The number of carboxylic acids is 2. The third kappa shape index (κ3) is 3.26. The van der Waals surface area contributed by atoms with Gasteiger partial charge in [0.2, 0.25) is 5.91 Å². The number of nitrogens with one attached hydrogen (secondary N) is 1. The first kappa shape index (κ1) is 21.2. The Morgan fingerprint density at radius 1 is 0.800 bits per heavy atom. The van der Waals surface area contributed by atoms with Gasteiger partial charge in [0, 0.05) is 12.1 Å². The fourth-order valence-corrected chi connectivity index (χ4v) is 4.85. The molecule has 30 heavy (non-hydrogen) atoms. The summed E-state index contributed by atoms with van der Waals surface area (Å²) in [5.41, 5.74) is -2.45. The molecule has 2 aromatic carbocycles. The van der Waals surface area contributed by atoms with E-state index in [9.17, 15) is 29.4 Å². The lowest BCUT2D eigenvalue weighted by Gasteiger charge is -2.60. The monoisotopic (exact) mass is 409 g/mol. The molecular formula is C23H23NO6. The van der Waals surface area contributed by atoms with E-state index >= 15 is 0 Å². The molecule has 0 radical (unpaired) electrons. The van der Waals surface area contributed by atoms with Gasteiger partial charge in [0.15, 0.2) is 0 Å². The Kier molecular flexibility index (Phi) is 5.48. The number of amides is 1. The molecule has 0 aliphatic heterocycles. The van der Waals surface area contributed by atoms with Crippen LogP contribution in [0.15, 0.2) is 60.7 Å². The van der Waals surface area contributed by atoms with Crippen LogP contribution in [0.5, 0.6) is 0 Å². The Morgan fingerprint density at radius 2 is 1.27 bits per heavy atom. The average molecular weight is 409 g/mol. The van der Waals surface area contributed by atoms with Gasteiger partial charge in [0.05, 0.1) is 22.7 Å². The molecule has 0 aromatic heterocycles. The van der Waals surface area contributed by atoms with Crippen molar-refractivity contribution in [2.45, 2.75) is 20.3 Å². The van der Waals surface area contributed by atoms with E-state index in [2.05, 4.69) is 5.32 Å².